The van der Waals surface area contributed by atoms with Crippen molar-refractivity contribution in [1.82, 2.24) is 24.3 Å². The zero-order valence-corrected chi connectivity index (χ0v) is 23.2. The Morgan fingerprint density at radius 1 is 1.10 bits per heavy atom. The van der Waals surface area contributed by atoms with E-state index in [0.717, 1.165) is 53.9 Å². The third-order valence-corrected chi connectivity index (χ3v) is 8.40. The molecule has 1 aliphatic heterocycles. The molecule has 4 aromatic heterocycles. The maximum atomic E-state index is 13.5. The van der Waals surface area contributed by atoms with Crippen LogP contribution in [-0.4, -0.2) is 68.7 Å². The highest BCUT2D eigenvalue weighted by Gasteiger charge is 2.37. The van der Waals surface area contributed by atoms with E-state index >= 15 is 0 Å². The van der Waals surface area contributed by atoms with E-state index in [-0.39, 0.29) is 12.6 Å². The van der Waals surface area contributed by atoms with Crippen LogP contribution >= 0.6 is 10.0 Å². The number of halogens is 2. The molecular formula is C28H33F2N5O3S. The van der Waals surface area contributed by atoms with Crippen molar-refractivity contribution in [1.29, 1.82) is 0 Å². The van der Waals surface area contributed by atoms with E-state index in [1.165, 1.54) is 6.20 Å². The van der Waals surface area contributed by atoms with Crippen LogP contribution in [0.4, 0.5) is 8.78 Å². The van der Waals surface area contributed by atoms with Gasteiger partial charge < -0.3 is 18.8 Å². The average molecular weight is 558 g/mol. The number of hydrogen-bond donors (Lipinski definition) is 0. The van der Waals surface area contributed by atoms with E-state index in [2.05, 4.69) is 23.8 Å². The van der Waals surface area contributed by atoms with Crippen LogP contribution < -0.4 is 9.47 Å². The Balaban J connectivity index is 1.60. The summed E-state index contributed by atoms with van der Waals surface area (Å²) in [5.41, 5.74) is 4.48. The second kappa shape index (κ2) is 10.4. The largest absolute Gasteiger partial charge is 0.477 e. The minimum Gasteiger partial charge on any atom is -0.477 e. The molecule has 2 aliphatic rings. The molecule has 39 heavy (non-hydrogen) atoms. The molecule has 4 aromatic rings. The fourth-order valence-corrected chi connectivity index (χ4v) is 5.69. The lowest BCUT2D eigenvalue weighted by Gasteiger charge is -2.25. The van der Waals surface area contributed by atoms with Crippen molar-refractivity contribution >= 4 is 21.1 Å². The van der Waals surface area contributed by atoms with Crippen LogP contribution in [0.15, 0.2) is 36.7 Å². The predicted octanol–water partition coefficient (Wildman–Crippen LogP) is 5.89. The number of fused-ring (bicyclic) bond motifs is 2. The fraction of sp³-hybridized carbons (Fsp3) is 0.464. The minimum absolute atomic E-state index is 0.135. The molecule has 8 nitrogen and oxygen atoms in total. The second-order valence-corrected chi connectivity index (χ2v) is 15.4. The number of aromatic nitrogens is 5. The topological polar surface area (TPSA) is 76.2 Å². The summed E-state index contributed by atoms with van der Waals surface area (Å²) in [6.45, 7) is -0.802. The van der Waals surface area contributed by atoms with Gasteiger partial charge in [-0.05, 0) is 55.9 Å². The zero-order valence-electron chi connectivity index (χ0n) is 22.4. The molecule has 0 radical (unpaired) electrons. The van der Waals surface area contributed by atoms with E-state index in [4.69, 9.17) is 24.3 Å². The first-order chi connectivity index (χ1) is 18.8. The maximum Gasteiger partial charge on any atom is 0.388 e. The highest BCUT2D eigenvalue weighted by atomic mass is 32.3. The third kappa shape index (κ3) is 5.21. The van der Waals surface area contributed by atoms with E-state index < -0.39 is 16.6 Å². The number of alkyl halides is 2. The summed E-state index contributed by atoms with van der Waals surface area (Å²) in [6, 6.07) is 7.28. The third-order valence-electron chi connectivity index (χ3n) is 7.01. The molecule has 0 bridgehead atoms. The summed E-state index contributed by atoms with van der Waals surface area (Å²) in [6.07, 6.45) is 13.0. The van der Waals surface area contributed by atoms with Crippen molar-refractivity contribution < 1.29 is 23.0 Å². The summed E-state index contributed by atoms with van der Waals surface area (Å²) in [7, 11) is -0.730. The van der Waals surface area contributed by atoms with E-state index in [9.17, 15) is 8.78 Å². The Hall–Kier alpha value is -3.18. The van der Waals surface area contributed by atoms with Gasteiger partial charge in [-0.1, -0.05) is 0 Å². The van der Waals surface area contributed by atoms with Gasteiger partial charge in [0.1, 0.15) is 12.4 Å². The maximum absolute atomic E-state index is 13.5. The number of hydrogen-bond acceptors (Lipinski definition) is 6. The van der Waals surface area contributed by atoms with Crippen LogP contribution in [0.5, 0.6) is 11.8 Å². The standard InChI is InChI=1S/C28H33F2N5O3S/c1-39(2,3)16-15-36-17-34-24(22-23(18-9-10-18)33-35-13-6-14-37-27(22)35)21(19-7-4-11-31-25(19)34)20-8-5-12-32-26(20)38-28(29)30/h4-5,7-8,11-12,18,28H,6,9-10,13-17H2,1-3H3. The van der Waals surface area contributed by atoms with Crippen LogP contribution in [0.3, 0.4) is 0 Å². The van der Waals surface area contributed by atoms with Gasteiger partial charge in [0, 0.05) is 53.5 Å². The van der Waals surface area contributed by atoms with Crippen LogP contribution in [0, 0.1) is 0 Å². The first-order valence-corrected chi connectivity index (χ1v) is 16.2. The molecule has 0 aromatic carbocycles. The molecule has 0 N–H and O–H groups in total. The van der Waals surface area contributed by atoms with Crippen molar-refractivity contribution in [2.24, 2.45) is 0 Å². The van der Waals surface area contributed by atoms with Gasteiger partial charge in [0.25, 0.3) is 0 Å². The predicted molar refractivity (Wildman–Crippen MR) is 149 cm³/mol. The van der Waals surface area contributed by atoms with Crippen LogP contribution in [-0.2, 0) is 18.0 Å². The molecule has 0 amide bonds. The Bertz CT molecular complexity index is 1490. The van der Waals surface area contributed by atoms with Gasteiger partial charge in [0.15, 0.2) is 0 Å². The van der Waals surface area contributed by atoms with Gasteiger partial charge in [-0.25, -0.2) is 24.7 Å². The van der Waals surface area contributed by atoms with Crippen LogP contribution in [0.25, 0.3) is 33.4 Å². The molecule has 5 heterocycles. The zero-order chi connectivity index (χ0) is 27.1. The summed E-state index contributed by atoms with van der Waals surface area (Å²) in [5.74, 6) is 1.86. The SMILES string of the molecule is CS(C)(C)CCOCn1c(-c2c(C3CC3)nn3c2OCCC3)c(-c2cccnc2OC(F)F)c2cccnc21. The number of pyridine rings is 2. The Labute approximate surface area is 227 Å². The molecule has 0 saturated heterocycles. The van der Waals surface area contributed by atoms with Crippen molar-refractivity contribution in [3.63, 3.8) is 0 Å². The summed E-state index contributed by atoms with van der Waals surface area (Å²) >= 11 is 0. The van der Waals surface area contributed by atoms with E-state index in [0.29, 0.717) is 41.8 Å². The van der Waals surface area contributed by atoms with Gasteiger partial charge >= 0.3 is 6.61 Å². The van der Waals surface area contributed by atoms with Gasteiger partial charge in [0.2, 0.25) is 11.8 Å². The van der Waals surface area contributed by atoms with Gasteiger partial charge in [-0.15, -0.1) is 0 Å². The Morgan fingerprint density at radius 3 is 2.67 bits per heavy atom. The normalized spacial score (nSPS) is 15.9. The molecule has 0 unspecified atom stereocenters. The van der Waals surface area contributed by atoms with Gasteiger partial charge in [-0.2, -0.15) is 13.9 Å². The fourth-order valence-electron chi connectivity index (χ4n) is 5.07. The lowest BCUT2D eigenvalue weighted by atomic mass is 9.98. The summed E-state index contributed by atoms with van der Waals surface area (Å²) < 4.78 is 48.3. The lowest BCUT2D eigenvalue weighted by Crippen LogP contribution is -2.15. The number of rotatable bonds is 10. The molecule has 11 heteroatoms. The van der Waals surface area contributed by atoms with Crippen LogP contribution in [0.1, 0.15) is 30.9 Å². The van der Waals surface area contributed by atoms with E-state index in [1.807, 2.05) is 21.4 Å². The Kier molecular flexibility index (Phi) is 6.96. The number of nitrogens with zero attached hydrogens (tertiary/aromatic N) is 5. The minimum atomic E-state index is -3.01. The number of aryl methyl sites for hydroxylation is 1. The first kappa shape index (κ1) is 26.1. The monoisotopic (exact) mass is 557 g/mol. The molecule has 1 aliphatic carbocycles. The molecule has 0 atom stereocenters. The molecular weight excluding hydrogens is 524 g/mol. The van der Waals surface area contributed by atoms with Crippen molar-refractivity contribution in [3.05, 3.63) is 42.4 Å². The highest BCUT2D eigenvalue weighted by Crippen LogP contribution is 2.52. The smallest absolute Gasteiger partial charge is 0.388 e. The molecule has 0 spiro atoms. The molecule has 208 valence electrons. The Morgan fingerprint density at radius 2 is 1.90 bits per heavy atom. The van der Waals surface area contributed by atoms with Crippen molar-refractivity contribution in [3.8, 4) is 34.1 Å². The van der Waals surface area contributed by atoms with E-state index in [1.54, 1.807) is 18.3 Å². The van der Waals surface area contributed by atoms with Gasteiger partial charge in [0.05, 0.1) is 30.2 Å². The molecule has 6 rings (SSSR count). The molecule has 1 fully saturated rings. The van der Waals surface area contributed by atoms with Crippen LogP contribution in [0.2, 0.25) is 0 Å². The summed E-state index contributed by atoms with van der Waals surface area (Å²) in [4.78, 5) is 8.91. The second-order valence-electron chi connectivity index (χ2n) is 10.9. The molecule has 1 saturated carbocycles. The first-order valence-electron chi connectivity index (χ1n) is 13.2. The lowest BCUT2D eigenvalue weighted by molar-refractivity contribution is -0.0524. The van der Waals surface area contributed by atoms with Gasteiger partial charge in [-0.3, -0.25) is 0 Å². The highest BCUT2D eigenvalue weighted by molar-refractivity contribution is 8.32. The van der Waals surface area contributed by atoms with Crippen molar-refractivity contribution in [2.45, 2.75) is 45.1 Å². The average Bonchev–Trinajstić information content (AvgIpc) is 3.61. The van der Waals surface area contributed by atoms with Crippen molar-refractivity contribution in [2.75, 3.05) is 37.7 Å². The quantitative estimate of drug-likeness (QED) is 0.226. The number of ether oxygens (including phenoxy) is 3. The summed E-state index contributed by atoms with van der Waals surface area (Å²) in [5, 5.41) is 5.78.